The van der Waals surface area contributed by atoms with Gasteiger partial charge in [-0.25, -0.2) is 0 Å². The lowest BCUT2D eigenvalue weighted by Crippen LogP contribution is -2.52. The van der Waals surface area contributed by atoms with Crippen molar-refractivity contribution < 1.29 is 9.90 Å². The van der Waals surface area contributed by atoms with Crippen LogP contribution in [0.2, 0.25) is 0 Å². The quantitative estimate of drug-likeness (QED) is 0.868. The van der Waals surface area contributed by atoms with E-state index in [1.54, 1.807) is 12.1 Å². The Bertz CT molecular complexity index is 526. The molecule has 0 spiro atoms. The van der Waals surface area contributed by atoms with Gasteiger partial charge in [0.25, 0.3) is 0 Å². The number of piperidine rings is 1. The van der Waals surface area contributed by atoms with Gasteiger partial charge >= 0.3 is 0 Å². The van der Waals surface area contributed by atoms with Gasteiger partial charge in [0.2, 0.25) is 5.91 Å². The predicted octanol–water partition coefficient (Wildman–Crippen LogP) is 1.43. The van der Waals surface area contributed by atoms with E-state index in [-0.39, 0.29) is 5.92 Å². The first-order valence-electron chi connectivity index (χ1n) is 8.19. The molecule has 2 N–H and O–H groups in total. The maximum atomic E-state index is 12.6. The van der Waals surface area contributed by atoms with Gasteiger partial charge in [-0.15, -0.1) is 0 Å². The molecule has 2 atom stereocenters. The fraction of sp³-hybridized carbons (Fsp3) is 0.588. The number of nitrogens with one attached hydrogen (secondary N) is 1. The second kappa shape index (κ2) is 6.57. The molecule has 3 rings (SSSR count). The molecule has 1 aromatic rings. The SMILES string of the molecule is C[C@H]1C[C@@H](C(=O)N2CCN(c3cccc(O)c3)CC2)CCN1. The molecule has 22 heavy (non-hydrogen) atoms. The van der Waals surface area contributed by atoms with Gasteiger partial charge in [0.15, 0.2) is 0 Å². The zero-order chi connectivity index (χ0) is 15.5. The smallest absolute Gasteiger partial charge is 0.225 e. The largest absolute Gasteiger partial charge is 0.508 e. The fourth-order valence-electron chi connectivity index (χ4n) is 3.49. The van der Waals surface area contributed by atoms with E-state index in [1.165, 1.54) is 0 Å². The van der Waals surface area contributed by atoms with E-state index in [0.717, 1.165) is 51.3 Å². The maximum absolute atomic E-state index is 12.6. The highest BCUT2D eigenvalue weighted by molar-refractivity contribution is 5.79. The molecule has 2 aliphatic heterocycles. The van der Waals surface area contributed by atoms with Crippen LogP contribution in [0.4, 0.5) is 5.69 Å². The van der Waals surface area contributed by atoms with Crippen molar-refractivity contribution >= 4 is 11.6 Å². The number of carbonyl (C=O) groups is 1. The van der Waals surface area contributed by atoms with Crippen LogP contribution >= 0.6 is 0 Å². The lowest BCUT2D eigenvalue weighted by Gasteiger charge is -2.39. The normalized spacial score (nSPS) is 26.0. The van der Waals surface area contributed by atoms with Gasteiger partial charge in [0.1, 0.15) is 5.75 Å². The Balaban J connectivity index is 1.56. The molecule has 0 saturated carbocycles. The standard InChI is InChI=1S/C17H25N3O2/c1-13-11-14(5-6-18-13)17(22)20-9-7-19(8-10-20)15-3-2-4-16(21)12-15/h2-4,12-14,18,21H,5-11H2,1H3/t13-,14-/m0/s1. The highest BCUT2D eigenvalue weighted by atomic mass is 16.3. The highest BCUT2D eigenvalue weighted by Gasteiger charge is 2.30. The Morgan fingerprint density at radius 3 is 2.73 bits per heavy atom. The Kier molecular flexibility index (Phi) is 4.52. The van der Waals surface area contributed by atoms with Crippen LogP contribution in [0, 0.1) is 5.92 Å². The minimum Gasteiger partial charge on any atom is -0.508 e. The number of rotatable bonds is 2. The van der Waals surface area contributed by atoms with Crippen molar-refractivity contribution in [1.82, 2.24) is 10.2 Å². The summed E-state index contributed by atoms with van der Waals surface area (Å²) in [5, 5.41) is 13.0. The summed E-state index contributed by atoms with van der Waals surface area (Å²) in [6.45, 7) is 6.30. The molecule has 2 heterocycles. The zero-order valence-corrected chi connectivity index (χ0v) is 13.2. The summed E-state index contributed by atoms with van der Waals surface area (Å²) in [6, 6.07) is 7.77. The lowest BCUT2D eigenvalue weighted by molar-refractivity contribution is -0.137. The second-order valence-electron chi connectivity index (χ2n) is 6.41. The Morgan fingerprint density at radius 1 is 1.27 bits per heavy atom. The van der Waals surface area contributed by atoms with Crippen LogP contribution in [0.1, 0.15) is 19.8 Å². The highest BCUT2D eigenvalue weighted by Crippen LogP contribution is 2.23. The number of phenols is 1. The number of piperazine rings is 1. The number of anilines is 1. The molecule has 0 bridgehead atoms. The van der Waals surface area contributed by atoms with Crippen molar-refractivity contribution in [3.63, 3.8) is 0 Å². The molecule has 0 aliphatic carbocycles. The number of amides is 1. The van der Waals surface area contributed by atoms with Crippen molar-refractivity contribution in [2.45, 2.75) is 25.8 Å². The van der Waals surface area contributed by atoms with E-state index in [9.17, 15) is 9.90 Å². The Labute approximate surface area is 131 Å². The molecule has 0 unspecified atom stereocenters. The molecule has 5 nitrogen and oxygen atoms in total. The summed E-state index contributed by atoms with van der Waals surface area (Å²) in [5.74, 6) is 0.798. The van der Waals surface area contributed by atoms with E-state index in [0.29, 0.717) is 17.7 Å². The van der Waals surface area contributed by atoms with E-state index in [4.69, 9.17) is 0 Å². The molecule has 2 saturated heterocycles. The molecule has 120 valence electrons. The summed E-state index contributed by atoms with van der Waals surface area (Å²) >= 11 is 0. The third-order valence-corrected chi connectivity index (χ3v) is 4.76. The maximum Gasteiger partial charge on any atom is 0.225 e. The Hall–Kier alpha value is -1.75. The van der Waals surface area contributed by atoms with E-state index in [1.807, 2.05) is 17.0 Å². The number of benzene rings is 1. The molecule has 0 radical (unpaired) electrons. The Morgan fingerprint density at radius 2 is 2.05 bits per heavy atom. The van der Waals surface area contributed by atoms with Crippen molar-refractivity contribution in [3.05, 3.63) is 24.3 Å². The summed E-state index contributed by atoms with van der Waals surface area (Å²) in [5.41, 5.74) is 1.03. The van der Waals surface area contributed by atoms with Gasteiger partial charge in [-0.05, 0) is 38.4 Å². The van der Waals surface area contributed by atoms with Gasteiger partial charge in [-0.3, -0.25) is 4.79 Å². The third-order valence-electron chi connectivity index (χ3n) is 4.76. The first-order valence-corrected chi connectivity index (χ1v) is 8.19. The average molecular weight is 303 g/mol. The molecular weight excluding hydrogens is 278 g/mol. The van der Waals surface area contributed by atoms with Gasteiger partial charge in [0.05, 0.1) is 0 Å². The summed E-state index contributed by atoms with van der Waals surface area (Å²) < 4.78 is 0. The van der Waals surface area contributed by atoms with Gasteiger partial charge in [-0.1, -0.05) is 6.07 Å². The zero-order valence-electron chi connectivity index (χ0n) is 13.2. The first-order chi connectivity index (χ1) is 10.6. The summed E-state index contributed by atoms with van der Waals surface area (Å²) in [6.07, 6.45) is 1.90. The molecule has 1 aromatic carbocycles. The molecule has 2 fully saturated rings. The average Bonchev–Trinajstić information content (AvgIpc) is 2.54. The van der Waals surface area contributed by atoms with Crippen molar-refractivity contribution in [2.24, 2.45) is 5.92 Å². The molecule has 1 amide bonds. The van der Waals surface area contributed by atoms with E-state index in [2.05, 4.69) is 17.1 Å². The minimum atomic E-state index is 0.184. The monoisotopic (exact) mass is 303 g/mol. The van der Waals surface area contributed by atoms with E-state index >= 15 is 0 Å². The molecule has 2 aliphatic rings. The molecule has 5 heteroatoms. The third kappa shape index (κ3) is 3.35. The van der Waals surface area contributed by atoms with Crippen LogP contribution in [-0.2, 0) is 4.79 Å². The number of hydrogen-bond acceptors (Lipinski definition) is 4. The van der Waals surface area contributed by atoms with Gasteiger partial charge in [-0.2, -0.15) is 0 Å². The molecule has 0 aromatic heterocycles. The van der Waals surface area contributed by atoms with E-state index < -0.39 is 0 Å². The van der Waals surface area contributed by atoms with Crippen LogP contribution in [0.25, 0.3) is 0 Å². The number of aromatic hydroxyl groups is 1. The summed E-state index contributed by atoms with van der Waals surface area (Å²) in [4.78, 5) is 16.9. The van der Waals surface area contributed by atoms with Gasteiger partial charge < -0.3 is 20.2 Å². The van der Waals surface area contributed by atoms with Crippen LogP contribution in [0.5, 0.6) is 5.75 Å². The van der Waals surface area contributed by atoms with Crippen molar-refractivity contribution in [1.29, 1.82) is 0 Å². The van der Waals surface area contributed by atoms with Crippen LogP contribution in [0.3, 0.4) is 0 Å². The minimum absolute atomic E-state index is 0.184. The lowest BCUT2D eigenvalue weighted by atomic mass is 9.92. The van der Waals surface area contributed by atoms with Gasteiger partial charge in [0, 0.05) is 49.9 Å². The fourth-order valence-corrected chi connectivity index (χ4v) is 3.49. The van der Waals surface area contributed by atoms with Crippen LogP contribution < -0.4 is 10.2 Å². The van der Waals surface area contributed by atoms with Crippen molar-refractivity contribution in [2.75, 3.05) is 37.6 Å². The first kappa shape index (κ1) is 15.2. The van der Waals surface area contributed by atoms with Crippen LogP contribution in [-0.4, -0.2) is 54.7 Å². The second-order valence-corrected chi connectivity index (χ2v) is 6.41. The number of phenolic OH excluding ortho intramolecular Hbond substituents is 1. The number of carbonyl (C=O) groups excluding carboxylic acids is 1. The number of nitrogens with zero attached hydrogens (tertiary/aromatic N) is 2. The van der Waals surface area contributed by atoms with Crippen LogP contribution in [0.15, 0.2) is 24.3 Å². The summed E-state index contributed by atoms with van der Waals surface area (Å²) in [7, 11) is 0. The van der Waals surface area contributed by atoms with Crippen molar-refractivity contribution in [3.8, 4) is 5.75 Å². The molecular formula is C17H25N3O2. The topological polar surface area (TPSA) is 55.8 Å². The number of hydrogen-bond donors (Lipinski definition) is 2. The predicted molar refractivity (Wildman–Crippen MR) is 87.1 cm³/mol.